The van der Waals surface area contributed by atoms with Crippen LogP contribution in [0.5, 0.6) is 0 Å². The van der Waals surface area contributed by atoms with Gasteiger partial charge in [0, 0.05) is 6.42 Å². The minimum absolute atomic E-state index is 0.0939. The van der Waals surface area contributed by atoms with E-state index in [9.17, 15) is 13.2 Å². The van der Waals surface area contributed by atoms with E-state index in [2.05, 4.69) is 15.3 Å². The van der Waals surface area contributed by atoms with Crippen LogP contribution in [-0.2, 0) is 14.6 Å². The van der Waals surface area contributed by atoms with Crippen LogP contribution in [0.2, 0.25) is 0 Å². The van der Waals surface area contributed by atoms with E-state index < -0.39 is 9.84 Å². The van der Waals surface area contributed by atoms with Crippen LogP contribution in [0, 0.1) is 12.8 Å². The Morgan fingerprint density at radius 3 is 2.48 bits per heavy atom. The number of para-hydroxylation sites is 2. The number of aromatic amines is 1. The lowest BCUT2D eigenvalue weighted by Crippen LogP contribution is -2.34. The molecule has 0 aliphatic carbocycles. The number of aromatic nitrogens is 2. The summed E-state index contributed by atoms with van der Waals surface area (Å²) in [4.78, 5) is 20.7. The highest BCUT2D eigenvalue weighted by atomic mass is 32.2. The second kappa shape index (κ2) is 8.78. The molecule has 0 saturated carbocycles. The highest BCUT2D eigenvalue weighted by Gasteiger charge is 2.24. The number of nitrogens with one attached hydrogen (secondary N) is 2. The molecule has 6 nitrogen and oxygen atoms in total. The zero-order chi connectivity index (χ0) is 21.0. The molecule has 1 aromatic heterocycles. The maximum absolute atomic E-state index is 12.6. The van der Waals surface area contributed by atoms with Crippen molar-refractivity contribution in [2.45, 2.75) is 44.6 Å². The molecule has 3 rings (SSSR count). The average Bonchev–Trinajstić information content (AvgIpc) is 3.14. The number of nitrogens with zero attached hydrogens (tertiary/aromatic N) is 1. The van der Waals surface area contributed by atoms with E-state index in [4.69, 9.17) is 0 Å². The third-order valence-electron chi connectivity index (χ3n) is 5.21. The normalized spacial score (nSPS) is 13.9. The van der Waals surface area contributed by atoms with Crippen molar-refractivity contribution in [3.05, 3.63) is 59.9 Å². The fraction of sp³-hybridized carbons (Fsp3) is 0.364. The first-order valence-electron chi connectivity index (χ1n) is 9.83. The molecule has 1 heterocycles. The predicted octanol–water partition coefficient (Wildman–Crippen LogP) is 3.94. The summed E-state index contributed by atoms with van der Waals surface area (Å²) in [5, 5.41) is 2.98. The average molecular weight is 414 g/mol. The van der Waals surface area contributed by atoms with E-state index >= 15 is 0 Å². The summed E-state index contributed by atoms with van der Waals surface area (Å²) in [6, 6.07) is 14.1. The number of aryl methyl sites for hydroxylation is 1. The van der Waals surface area contributed by atoms with Gasteiger partial charge in [0.25, 0.3) is 0 Å². The molecule has 154 valence electrons. The molecule has 7 heteroatoms. The highest BCUT2D eigenvalue weighted by molar-refractivity contribution is 7.91. The maximum atomic E-state index is 12.6. The van der Waals surface area contributed by atoms with E-state index in [1.165, 1.54) is 0 Å². The van der Waals surface area contributed by atoms with Crippen LogP contribution >= 0.6 is 0 Å². The monoisotopic (exact) mass is 413 g/mol. The van der Waals surface area contributed by atoms with Crippen LogP contribution in [0.4, 0.5) is 0 Å². The number of imidazole rings is 1. The third kappa shape index (κ3) is 5.03. The summed E-state index contributed by atoms with van der Waals surface area (Å²) in [7, 11) is -3.50. The van der Waals surface area contributed by atoms with E-state index in [-0.39, 0.29) is 34.9 Å². The number of H-pyrrole nitrogens is 1. The first-order valence-corrected chi connectivity index (χ1v) is 11.5. The van der Waals surface area contributed by atoms with Crippen LogP contribution in [0.25, 0.3) is 11.0 Å². The van der Waals surface area contributed by atoms with E-state index in [1.54, 1.807) is 24.3 Å². The molecule has 0 saturated heterocycles. The van der Waals surface area contributed by atoms with Crippen molar-refractivity contribution in [1.29, 1.82) is 0 Å². The van der Waals surface area contributed by atoms with Gasteiger partial charge in [-0.15, -0.1) is 0 Å². The summed E-state index contributed by atoms with van der Waals surface area (Å²) in [6.45, 7) is 5.99. The van der Waals surface area contributed by atoms with Gasteiger partial charge in [-0.1, -0.05) is 50.1 Å². The van der Waals surface area contributed by atoms with Crippen molar-refractivity contribution in [3.8, 4) is 0 Å². The fourth-order valence-electron chi connectivity index (χ4n) is 3.17. The zero-order valence-electron chi connectivity index (χ0n) is 17.0. The molecule has 3 aromatic rings. The SMILES string of the molecule is CCC(C)C(NC(=O)CCS(=O)(=O)c1ccc(C)cc1)c1nc2ccccc2[nH]1. The number of hydrogen-bond acceptors (Lipinski definition) is 4. The minimum atomic E-state index is -3.50. The number of amides is 1. The maximum Gasteiger partial charge on any atom is 0.221 e. The Morgan fingerprint density at radius 1 is 1.14 bits per heavy atom. The summed E-state index contributed by atoms with van der Waals surface area (Å²) in [5.74, 6) is 0.310. The topological polar surface area (TPSA) is 91.9 Å². The van der Waals surface area contributed by atoms with Crippen LogP contribution in [0.3, 0.4) is 0 Å². The van der Waals surface area contributed by atoms with Gasteiger partial charge in [0.1, 0.15) is 5.82 Å². The Hall–Kier alpha value is -2.67. The molecule has 0 aliphatic rings. The Morgan fingerprint density at radius 2 is 1.83 bits per heavy atom. The number of benzene rings is 2. The van der Waals surface area contributed by atoms with E-state index in [1.807, 2.05) is 45.0 Å². The first-order chi connectivity index (χ1) is 13.8. The minimum Gasteiger partial charge on any atom is -0.346 e. The van der Waals surface area contributed by atoms with Gasteiger partial charge in [0.2, 0.25) is 5.91 Å². The van der Waals surface area contributed by atoms with Gasteiger partial charge < -0.3 is 10.3 Å². The molecule has 0 spiro atoms. The molecule has 0 radical (unpaired) electrons. The van der Waals surface area contributed by atoms with Crippen molar-refractivity contribution >= 4 is 26.8 Å². The smallest absolute Gasteiger partial charge is 0.221 e. The van der Waals surface area contributed by atoms with Crippen molar-refractivity contribution in [3.63, 3.8) is 0 Å². The van der Waals surface area contributed by atoms with Crippen molar-refractivity contribution in [2.24, 2.45) is 5.92 Å². The van der Waals surface area contributed by atoms with E-state index in [0.717, 1.165) is 23.0 Å². The fourth-order valence-corrected chi connectivity index (χ4v) is 4.41. The highest BCUT2D eigenvalue weighted by Crippen LogP contribution is 2.25. The summed E-state index contributed by atoms with van der Waals surface area (Å²) < 4.78 is 25.0. The Bertz CT molecular complexity index is 1050. The second-order valence-electron chi connectivity index (χ2n) is 7.45. The molecule has 0 fully saturated rings. The van der Waals surface area contributed by atoms with Gasteiger partial charge in [-0.2, -0.15) is 0 Å². The standard InChI is InChI=1S/C22H27N3O3S/c1-4-16(3)21(22-23-18-7-5-6-8-19(18)24-22)25-20(26)13-14-29(27,28)17-11-9-15(2)10-12-17/h5-12,16,21H,4,13-14H2,1-3H3,(H,23,24)(H,25,26). The Labute approximate surface area is 171 Å². The molecular formula is C22H27N3O3S. The lowest BCUT2D eigenvalue weighted by Gasteiger charge is -2.22. The number of sulfone groups is 1. The van der Waals surface area contributed by atoms with Gasteiger partial charge >= 0.3 is 0 Å². The molecule has 29 heavy (non-hydrogen) atoms. The van der Waals surface area contributed by atoms with Crippen LogP contribution < -0.4 is 5.32 Å². The predicted molar refractivity (Wildman–Crippen MR) is 114 cm³/mol. The number of carbonyl (C=O) groups excluding carboxylic acids is 1. The van der Waals surface area contributed by atoms with Crippen molar-refractivity contribution in [2.75, 3.05) is 5.75 Å². The molecular weight excluding hydrogens is 386 g/mol. The summed E-state index contributed by atoms with van der Waals surface area (Å²) in [5.41, 5.74) is 2.74. The number of fused-ring (bicyclic) bond motifs is 1. The van der Waals surface area contributed by atoms with Crippen molar-refractivity contribution in [1.82, 2.24) is 15.3 Å². The van der Waals surface area contributed by atoms with Crippen LogP contribution in [0.15, 0.2) is 53.4 Å². The van der Waals surface area contributed by atoms with Gasteiger partial charge in [0.05, 0.1) is 27.7 Å². The molecule has 2 aromatic carbocycles. The largest absolute Gasteiger partial charge is 0.346 e. The number of hydrogen-bond donors (Lipinski definition) is 2. The number of rotatable bonds is 8. The summed E-state index contributed by atoms with van der Waals surface area (Å²) >= 11 is 0. The lowest BCUT2D eigenvalue weighted by molar-refractivity contribution is -0.121. The lowest BCUT2D eigenvalue weighted by atomic mass is 9.98. The van der Waals surface area contributed by atoms with Crippen LogP contribution in [0.1, 0.15) is 44.1 Å². The molecule has 1 amide bonds. The summed E-state index contributed by atoms with van der Waals surface area (Å²) in [6.07, 6.45) is 0.757. The van der Waals surface area contributed by atoms with Crippen LogP contribution in [-0.4, -0.2) is 30.0 Å². The van der Waals surface area contributed by atoms with Gasteiger partial charge in [-0.05, 0) is 37.1 Å². The van der Waals surface area contributed by atoms with E-state index in [0.29, 0.717) is 5.82 Å². The quantitative estimate of drug-likeness (QED) is 0.585. The Balaban J connectivity index is 1.71. The molecule has 0 aliphatic heterocycles. The third-order valence-corrected chi connectivity index (χ3v) is 6.94. The number of carbonyl (C=O) groups is 1. The van der Waals surface area contributed by atoms with Gasteiger partial charge in [-0.25, -0.2) is 13.4 Å². The Kier molecular flexibility index (Phi) is 6.37. The molecule has 2 N–H and O–H groups in total. The van der Waals surface area contributed by atoms with Gasteiger partial charge in [-0.3, -0.25) is 4.79 Å². The zero-order valence-corrected chi connectivity index (χ0v) is 17.8. The van der Waals surface area contributed by atoms with Gasteiger partial charge in [0.15, 0.2) is 9.84 Å². The molecule has 2 atom stereocenters. The van der Waals surface area contributed by atoms with Crippen molar-refractivity contribution < 1.29 is 13.2 Å². The first kappa shape index (κ1) is 21.0. The molecule has 0 bridgehead atoms. The second-order valence-corrected chi connectivity index (χ2v) is 9.56. The molecule has 2 unspecified atom stereocenters.